The molecule has 190 valence electrons. The van der Waals surface area contributed by atoms with E-state index in [1.807, 2.05) is 48.5 Å². The largest absolute Gasteiger partial charge is 0.493 e. The van der Waals surface area contributed by atoms with Crippen LogP contribution in [0.3, 0.4) is 0 Å². The van der Waals surface area contributed by atoms with E-state index in [1.165, 1.54) is 12.1 Å². The maximum Gasteiger partial charge on any atom is 0.247 e. The first-order chi connectivity index (χ1) is 17.3. The molecular weight excluding hydrogens is 459 g/mol. The van der Waals surface area contributed by atoms with E-state index in [9.17, 15) is 14.0 Å². The molecule has 0 saturated heterocycles. The average Bonchev–Trinajstić information content (AvgIpc) is 2.89. The summed E-state index contributed by atoms with van der Waals surface area (Å²) in [5, 5.41) is 3.00. The van der Waals surface area contributed by atoms with Crippen molar-refractivity contribution in [2.75, 3.05) is 20.8 Å². The quantitative estimate of drug-likeness (QED) is 0.412. The lowest BCUT2D eigenvalue weighted by Gasteiger charge is -2.33. The smallest absolute Gasteiger partial charge is 0.247 e. The van der Waals surface area contributed by atoms with Crippen molar-refractivity contribution in [1.82, 2.24) is 10.2 Å². The zero-order valence-electron chi connectivity index (χ0n) is 21.2. The Hall–Kier alpha value is -3.87. The summed E-state index contributed by atoms with van der Waals surface area (Å²) < 4.78 is 24.1. The Labute approximate surface area is 212 Å². The number of nitrogens with one attached hydrogen (secondary N) is 1. The SMILES string of the molecule is COc1ccc(CCNC(=O)[C@@H](c2ccccc2)N(Cc2ccc(F)cc2)C(=O)C(C)C)cc1OC. The predicted octanol–water partition coefficient (Wildman–Crippen LogP) is 4.93. The van der Waals surface area contributed by atoms with Gasteiger partial charge < -0.3 is 19.7 Å². The fourth-order valence-electron chi connectivity index (χ4n) is 3.99. The Bertz CT molecular complexity index is 1150. The molecule has 0 aliphatic carbocycles. The van der Waals surface area contributed by atoms with E-state index in [0.717, 1.165) is 11.1 Å². The van der Waals surface area contributed by atoms with Gasteiger partial charge in [-0.2, -0.15) is 0 Å². The molecule has 0 aliphatic rings. The molecule has 0 aromatic heterocycles. The Morgan fingerprint density at radius 2 is 1.53 bits per heavy atom. The molecule has 0 heterocycles. The topological polar surface area (TPSA) is 67.9 Å². The molecule has 7 heteroatoms. The second kappa shape index (κ2) is 12.7. The second-order valence-electron chi connectivity index (χ2n) is 8.79. The lowest BCUT2D eigenvalue weighted by Crippen LogP contribution is -2.45. The molecule has 36 heavy (non-hydrogen) atoms. The van der Waals surface area contributed by atoms with Crippen LogP contribution in [0.4, 0.5) is 4.39 Å². The summed E-state index contributed by atoms with van der Waals surface area (Å²) in [5.41, 5.74) is 2.42. The van der Waals surface area contributed by atoms with Crippen LogP contribution in [0.5, 0.6) is 11.5 Å². The Kier molecular flexibility index (Phi) is 9.45. The minimum absolute atomic E-state index is 0.164. The van der Waals surface area contributed by atoms with E-state index in [4.69, 9.17) is 9.47 Å². The van der Waals surface area contributed by atoms with E-state index in [1.54, 1.807) is 45.1 Å². The molecule has 3 aromatic rings. The summed E-state index contributed by atoms with van der Waals surface area (Å²) in [6.45, 7) is 4.16. The highest BCUT2D eigenvalue weighted by molar-refractivity contribution is 5.89. The van der Waals surface area contributed by atoms with E-state index in [-0.39, 0.29) is 30.1 Å². The molecule has 1 atom stereocenters. The number of hydrogen-bond acceptors (Lipinski definition) is 4. The number of methoxy groups -OCH3 is 2. The molecule has 0 bridgehead atoms. The van der Waals surface area contributed by atoms with Gasteiger partial charge in [-0.3, -0.25) is 9.59 Å². The van der Waals surface area contributed by atoms with Gasteiger partial charge in [0.15, 0.2) is 11.5 Å². The van der Waals surface area contributed by atoms with Crippen molar-refractivity contribution in [3.63, 3.8) is 0 Å². The van der Waals surface area contributed by atoms with E-state index >= 15 is 0 Å². The monoisotopic (exact) mass is 492 g/mol. The summed E-state index contributed by atoms with van der Waals surface area (Å²) in [6, 6.07) is 20.0. The highest BCUT2D eigenvalue weighted by atomic mass is 19.1. The third kappa shape index (κ3) is 6.84. The minimum atomic E-state index is -0.837. The predicted molar refractivity (Wildman–Crippen MR) is 137 cm³/mol. The lowest BCUT2D eigenvalue weighted by atomic mass is 10.0. The van der Waals surface area contributed by atoms with Crippen molar-refractivity contribution in [3.05, 3.63) is 95.3 Å². The molecule has 1 N–H and O–H groups in total. The van der Waals surface area contributed by atoms with Crippen LogP contribution >= 0.6 is 0 Å². The fourth-order valence-corrected chi connectivity index (χ4v) is 3.99. The highest BCUT2D eigenvalue weighted by Gasteiger charge is 2.32. The van der Waals surface area contributed by atoms with Crippen LogP contribution in [-0.2, 0) is 22.6 Å². The van der Waals surface area contributed by atoms with Crippen molar-refractivity contribution in [3.8, 4) is 11.5 Å². The van der Waals surface area contributed by atoms with Crippen LogP contribution in [0.25, 0.3) is 0 Å². The Morgan fingerprint density at radius 3 is 2.14 bits per heavy atom. The van der Waals surface area contributed by atoms with E-state index in [2.05, 4.69) is 5.32 Å². The second-order valence-corrected chi connectivity index (χ2v) is 8.79. The van der Waals surface area contributed by atoms with Gasteiger partial charge >= 0.3 is 0 Å². The number of carbonyl (C=O) groups is 2. The van der Waals surface area contributed by atoms with Gasteiger partial charge in [0.2, 0.25) is 11.8 Å². The molecule has 0 unspecified atom stereocenters. The number of halogens is 1. The van der Waals surface area contributed by atoms with Gasteiger partial charge in [-0.15, -0.1) is 0 Å². The summed E-state index contributed by atoms with van der Waals surface area (Å²) in [6.07, 6.45) is 0.573. The van der Waals surface area contributed by atoms with Gasteiger partial charge in [-0.1, -0.05) is 62.4 Å². The van der Waals surface area contributed by atoms with Crippen molar-refractivity contribution in [2.45, 2.75) is 32.9 Å². The molecule has 0 aliphatic heterocycles. The van der Waals surface area contributed by atoms with Crippen molar-refractivity contribution >= 4 is 11.8 Å². The van der Waals surface area contributed by atoms with E-state index < -0.39 is 6.04 Å². The maximum atomic E-state index is 13.6. The van der Waals surface area contributed by atoms with E-state index in [0.29, 0.717) is 30.0 Å². The van der Waals surface area contributed by atoms with Crippen molar-refractivity contribution in [1.29, 1.82) is 0 Å². The maximum absolute atomic E-state index is 13.6. The molecule has 0 radical (unpaired) electrons. The highest BCUT2D eigenvalue weighted by Crippen LogP contribution is 2.28. The Morgan fingerprint density at radius 1 is 0.889 bits per heavy atom. The van der Waals surface area contributed by atoms with Crippen molar-refractivity contribution < 1.29 is 23.5 Å². The normalized spacial score (nSPS) is 11.6. The zero-order valence-corrected chi connectivity index (χ0v) is 21.2. The molecule has 3 aromatic carbocycles. The molecular formula is C29H33FN2O4. The fraction of sp³-hybridized carbons (Fsp3) is 0.310. The first-order valence-electron chi connectivity index (χ1n) is 11.9. The number of ether oxygens (including phenoxy) is 2. The third-order valence-corrected chi connectivity index (χ3v) is 5.88. The Balaban J connectivity index is 1.83. The molecule has 0 spiro atoms. The third-order valence-electron chi connectivity index (χ3n) is 5.88. The van der Waals surface area contributed by atoms with Crippen LogP contribution in [0.1, 0.15) is 36.6 Å². The van der Waals surface area contributed by atoms with Gasteiger partial charge in [-0.05, 0) is 47.4 Å². The average molecular weight is 493 g/mol. The first-order valence-corrected chi connectivity index (χ1v) is 11.9. The summed E-state index contributed by atoms with van der Waals surface area (Å²) in [4.78, 5) is 28.4. The van der Waals surface area contributed by atoms with Gasteiger partial charge in [0.1, 0.15) is 11.9 Å². The lowest BCUT2D eigenvalue weighted by molar-refractivity contribution is -0.144. The van der Waals surface area contributed by atoms with Gasteiger partial charge in [0.05, 0.1) is 14.2 Å². The standard InChI is InChI=1S/C29H33FN2O4/c1-20(2)29(34)32(19-22-10-13-24(30)14-11-22)27(23-8-6-5-7-9-23)28(33)31-17-16-21-12-15-25(35-3)26(18-21)36-4/h5-15,18,20,27H,16-17,19H2,1-4H3,(H,31,33)/t27-/m1/s1. The molecule has 3 rings (SSSR count). The number of amides is 2. The van der Waals surface area contributed by atoms with Gasteiger partial charge in [-0.25, -0.2) is 4.39 Å². The van der Waals surface area contributed by atoms with Crippen molar-refractivity contribution in [2.24, 2.45) is 5.92 Å². The van der Waals surface area contributed by atoms with Crippen LogP contribution in [-0.4, -0.2) is 37.5 Å². The molecule has 2 amide bonds. The number of benzene rings is 3. The van der Waals surface area contributed by atoms with Crippen LogP contribution in [0.2, 0.25) is 0 Å². The zero-order chi connectivity index (χ0) is 26.1. The summed E-state index contributed by atoms with van der Waals surface area (Å²) in [5.74, 6) is 0.139. The number of carbonyl (C=O) groups excluding carboxylic acids is 2. The number of rotatable bonds is 11. The number of hydrogen-bond donors (Lipinski definition) is 1. The molecule has 0 saturated carbocycles. The van der Waals surface area contributed by atoms with Gasteiger partial charge in [0.25, 0.3) is 0 Å². The van der Waals surface area contributed by atoms with Crippen LogP contribution in [0.15, 0.2) is 72.8 Å². The molecule has 6 nitrogen and oxygen atoms in total. The first kappa shape index (κ1) is 26.7. The minimum Gasteiger partial charge on any atom is -0.493 e. The van der Waals surface area contributed by atoms with Crippen LogP contribution in [0, 0.1) is 11.7 Å². The summed E-state index contributed by atoms with van der Waals surface area (Å²) in [7, 11) is 3.16. The van der Waals surface area contributed by atoms with Gasteiger partial charge in [0, 0.05) is 19.0 Å². The number of nitrogens with zero attached hydrogens (tertiary/aromatic N) is 1. The molecule has 0 fully saturated rings. The summed E-state index contributed by atoms with van der Waals surface area (Å²) >= 11 is 0. The van der Waals surface area contributed by atoms with Crippen LogP contribution < -0.4 is 14.8 Å².